The second-order valence-corrected chi connectivity index (χ2v) is 23.3. The third-order valence-electron chi connectivity index (χ3n) is 10.9. The topological polar surface area (TPSA) is 52.4 Å². The molecule has 2 aromatic carbocycles. The average molecular weight is 1010 g/mol. The van der Waals surface area contributed by atoms with Crippen molar-refractivity contribution in [1.29, 1.82) is 0 Å². The van der Waals surface area contributed by atoms with Crippen molar-refractivity contribution in [1.82, 2.24) is 0 Å². The molecule has 0 saturated heterocycles. The van der Waals surface area contributed by atoms with E-state index >= 15 is 0 Å². The zero-order valence-electron chi connectivity index (χ0n) is 37.1. The lowest BCUT2D eigenvalue weighted by molar-refractivity contribution is -0.689. The minimum absolute atomic E-state index is 0.441. The van der Waals surface area contributed by atoms with E-state index < -0.39 is 0 Å². The van der Waals surface area contributed by atoms with Crippen LogP contribution >= 0.6 is 82.3 Å². The quantitative estimate of drug-likeness (QED) is 0.0774. The van der Waals surface area contributed by atoms with Gasteiger partial charge in [-0.1, -0.05) is 59.6 Å². The van der Waals surface area contributed by atoms with E-state index in [1.807, 2.05) is 58.8 Å². The molecule has 15 heteroatoms. The van der Waals surface area contributed by atoms with E-state index in [4.69, 9.17) is 18.9 Å². The summed E-state index contributed by atoms with van der Waals surface area (Å²) in [6, 6.07) is 33.1. The van der Waals surface area contributed by atoms with Gasteiger partial charge in [0.05, 0.1) is 47.6 Å². The number of thioether (sulfide) groups is 7. The highest BCUT2D eigenvalue weighted by Crippen LogP contribution is 2.64. The van der Waals surface area contributed by atoms with Crippen molar-refractivity contribution in [2.45, 2.75) is 26.2 Å². The first-order valence-corrected chi connectivity index (χ1v) is 28.6. The van der Waals surface area contributed by atoms with Gasteiger partial charge in [-0.3, -0.25) is 0 Å². The number of fused-ring (bicyclic) bond motifs is 1. The average Bonchev–Trinajstić information content (AvgIpc) is 3.98. The lowest BCUT2D eigenvalue weighted by Gasteiger charge is -2.11. The monoisotopic (exact) mass is 1010 g/mol. The molecule has 8 nitrogen and oxygen atoms in total. The summed E-state index contributed by atoms with van der Waals surface area (Å²) in [5.41, 5.74) is 9.64. The van der Waals surface area contributed by atoms with Crippen molar-refractivity contribution in [2.24, 2.45) is 0 Å². The standard InChI is InChI=1S/C51H52N4O4S7/c1-60-47-46(63-50(64-47)51-65-48(61-2)49(62-3)66-51)59-29-27-57-25-24-56-26-28-58-45-31-39-30-40(32-45)36-55-22-14-44(15-23-55)42-10-18-53(19-11-42)34-38-5-4-37(6-7-38)33-52-16-8-41(9-17-52)43-12-20-54(35-39)21-13-43/h4-23,30-32H,24-29,33-36H2,1-3H3/q+4. The Morgan fingerprint density at radius 3 is 1.15 bits per heavy atom. The van der Waals surface area contributed by atoms with Gasteiger partial charge >= 0.3 is 0 Å². The number of hydrogen-bond acceptors (Lipinski definition) is 11. The van der Waals surface area contributed by atoms with Gasteiger partial charge in [0.15, 0.2) is 80.8 Å². The van der Waals surface area contributed by atoms with Crippen LogP contribution in [0.4, 0.5) is 0 Å². The van der Waals surface area contributed by atoms with Crippen LogP contribution in [0.25, 0.3) is 22.3 Å². The van der Waals surface area contributed by atoms with E-state index in [1.54, 1.807) is 23.5 Å². The van der Waals surface area contributed by atoms with Crippen LogP contribution in [-0.2, 0) is 40.4 Å². The van der Waals surface area contributed by atoms with E-state index in [0.717, 1.165) is 23.9 Å². The van der Waals surface area contributed by atoms with Crippen molar-refractivity contribution >= 4 is 82.3 Å². The fraction of sp³-hybridized carbons (Fsp3) is 0.255. The Morgan fingerprint density at radius 2 is 0.742 bits per heavy atom. The highest BCUT2D eigenvalue weighted by Gasteiger charge is 2.30. The van der Waals surface area contributed by atoms with Crippen molar-refractivity contribution < 1.29 is 37.2 Å². The summed E-state index contributed by atoms with van der Waals surface area (Å²) < 4.78 is 39.9. The summed E-state index contributed by atoms with van der Waals surface area (Å²) in [6.45, 7) is 5.98. The van der Waals surface area contributed by atoms with Gasteiger partial charge < -0.3 is 18.9 Å². The molecular formula is C51H52N4O4S7+4. The highest BCUT2D eigenvalue weighted by atomic mass is 32.3. The van der Waals surface area contributed by atoms with Crippen LogP contribution in [0.3, 0.4) is 0 Å². The van der Waals surface area contributed by atoms with Crippen LogP contribution in [-0.4, -0.2) is 58.4 Å². The maximum Gasteiger partial charge on any atom is 0.179 e. The fourth-order valence-electron chi connectivity index (χ4n) is 7.52. The van der Waals surface area contributed by atoms with Crippen molar-refractivity contribution in [3.05, 3.63) is 189 Å². The Bertz CT molecular complexity index is 2550. The maximum atomic E-state index is 6.34. The van der Waals surface area contributed by atoms with Gasteiger partial charge in [-0.25, -0.2) is 18.3 Å². The fourth-order valence-corrected chi connectivity index (χ4v) is 16.3. The van der Waals surface area contributed by atoms with E-state index in [-0.39, 0.29) is 0 Å². The van der Waals surface area contributed by atoms with Gasteiger partial charge in [0.25, 0.3) is 0 Å². The molecule has 0 radical (unpaired) electrons. The molecule has 12 bridgehead atoms. The van der Waals surface area contributed by atoms with Crippen molar-refractivity contribution in [2.75, 3.05) is 58.4 Å². The molecule has 0 spiro atoms. The van der Waals surface area contributed by atoms with E-state index in [9.17, 15) is 0 Å². The molecule has 0 atom stereocenters. The smallest absolute Gasteiger partial charge is 0.179 e. The lowest BCUT2D eigenvalue weighted by Crippen LogP contribution is -2.34. The van der Waals surface area contributed by atoms with Gasteiger partial charge in [-0.2, -0.15) is 0 Å². The molecule has 0 aliphatic carbocycles. The summed E-state index contributed by atoms with van der Waals surface area (Å²) in [5, 5.41) is 0.978. The molecule has 0 fully saturated rings. The van der Waals surface area contributed by atoms with Crippen LogP contribution < -0.4 is 23.0 Å². The number of nitrogens with zero attached hydrogens (tertiary/aromatic N) is 4. The number of aromatic nitrogens is 4. The number of rotatable bonds is 14. The largest absolute Gasteiger partial charge is 0.491 e. The van der Waals surface area contributed by atoms with E-state index in [0.29, 0.717) is 52.7 Å². The molecule has 16 rings (SSSR count). The highest BCUT2D eigenvalue weighted by molar-refractivity contribution is 8.43. The molecule has 10 aliphatic rings. The number of ether oxygens (including phenoxy) is 4. The number of hydrogen-bond donors (Lipinski definition) is 0. The summed E-state index contributed by atoms with van der Waals surface area (Å²) in [4.78, 5) is 0. The molecule has 0 saturated carbocycles. The molecule has 10 aliphatic heterocycles. The zero-order valence-corrected chi connectivity index (χ0v) is 42.8. The first kappa shape index (κ1) is 47.3. The molecule has 66 heavy (non-hydrogen) atoms. The molecule has 0 amide bonds. The van der Waals surface area contributed by atoms with Gasteiger partial charge in [0, 0.05) is 70.8 Å². The molecular weight excluding hydrogens is 957 g/mol. The predicted octanol–water partition coefficient (Wildman–Crippen LogP) is 10.5. The summed E-state index contributed by atoms with van der Waals surface area (Å²) >= 11 is 12.7. The summed E-state index contributed by atoms with van der Waals surface area (Å²) in [7, 11) is 0. The predicted molar refractivity (Wildman–Crippen MR) is 279 cm³/mol. The van der Waals surface area contributed by atoms with Crippen LogP contribution in [0.15, 0.2) is 167 Å². The van der Waals surface area contributed by atoms with Crippen LogP contribution in [0.5, 0.6) is 5.75 Å². The Kier molecular flexibility index (Phi) is 16.8. The zero-order chi connectivity index (χ0) is 45.1. The minimum Gasteiger partial charge on any atom is -0.491 e. The SMILES string of the molecule is CSC1=C(OCCOCCOCCOc2cc3cc(c2)C[n+]2ccc(cc2)-c2cc[n+](cc2)Cc2ccc(cc2)C[n+]2ccc(cc2)-c2cc[n+](cc2)C3)SC(=C2SC(SC)=C(SC)S2)S1. The Balaban J connectivity index is 0.799. The van der Waals surface area contributed by atoms with Crippen LogP contribution in [0.1, 0.15) is 22.3 Å². The Hall–Kier alpha value is -3.77. The second-order valence-electron chi connectivity index (χ2n) is 15.5. The van der Waals surface area contributed by atoms with Crippen LogP contribution in [0, 0.1) is 0 Å². The van der Waals surface area contributed by atoms with Gasteiger partial charge in [-0.15, -0.1) is 35.3 Å². The Morgan fingerprint density at radius 1 is 0.394 bits per heavy atom. The molecule has 14 heterocycles. The molecule has 338 valence electrons. The normalized spacial score (nSPS) is 14.9. The lowest BCUT2D eigenvalue weighted by atomic mass is 10.1. The summed E-state index contributed by atoms with van der Waals surface area (Å²) in [6.07, 6.45) is 23.7. The third-order valence-corrected chi connectivity index (χ3v) is 20.3. The van der Waals surface area contributed by atoms with Gasteiger partial charge in [-0.05, 0) is 71.0 Å². The van der Waals surface area contributed by atoms with Crippen molar-refractivity contribution in [3.63, 3.8) is 0 Å². The van der Waals surface area contributed by atoms with E-state index in [2.05, 4.69) is 178 Å². The van der Waals surface area contributed by atoms with Gasteiger partial charge in [0.1, 0.15) is 19.0 Å². The summed E-state index contributed by atoms with van der Waals surface area (Å²) in [5.74, 6) is 0.833. The number of pyridine rings is 4. The first-order valence-electron chi connectivity index (χ1n) is 21.6. The third kappa shape index (κ3) is 12.7. The first-order chi connectivity index (χ1) is 32.5. The minimum atomic E-state index is 0.441. The second kappa shape index (κ2) is 23.5. The van der Waals surface area contributed by atoms with E-state index in [1.165, 1.54) is 65.7 Å². The van der Waals surface area contributed by atoms with Gasteiger partial charge in [0.2, 0.25) is 0 Å². The molecule has 4 aromatic heterocycles. The maximum absolute atomic E-state index is 6.34. The molecule has 6 aromatic rings. The molecule has 0 N–H and O–H groups in total. The molecule has 0 unspecified atom stereocenters. The number of benzene rings is 2. The Labute approximate surface area is 418 Å². The van der Waals surface area contributed by atoms with Crippen molar-refractivity contribution in [3.8, 4) is 28.0 Å². The van der Waals surface area contributed by atoms with Crippen LogP contribution in [0.2, 0.25) is 0 Å².